The zero-order valence-corrected chi connectivity index (χ0v) is 11.8. The van der Waals surface area contributed by atoms with E-state index in [1.807, 2.05) is 71.9 Å². The highest BCUT2D eigenvalue weighted by Crippen LogP contribution is 2.29. The molecule has 0 amide bonds. The zero-order chi connectivity index (χ0) is 13.1. The van der Waals surface area contributed by atoms with E-state index in [0.717, 1.165) is 5.56 Å². The molecule has 0 saturated carbocycles. The SMILES string of the molecule is CC(C)(C)OC(OC(C)(C)C)c1ccccc1. The molecule has 1 aromatic carbocycles. The van der Waals surface area contributed by atoms with E-state index in [4.69, 9.17) is 9.47 Å². The minimum Gasteiger partial charge on any atom is -0.343 e. The van der Waals surface area contributed by atoms with Crippen molar-refractivity contribution in [3.8, 4) is 0 Å². The van der Waals surface area contributed by atoms with Gasteiger partial charge in [0, 0.05) is 5.56 Å². The van der Waals surface area contributed by atoms with Crippen LogP contribution in [0.3, 0.4) is 0 Å². The van der Waals surface area contributed by atoms with Crippen molar-refractivity contribution in [2.24, 2.45) is 0 Å². The molecule has 17 heavy (non-hydrogen) atoms. The number of hydrogen-bond donors (Lipinski definition) is 0. The predicted molar refractivity (Wildman–Crippen MR) is 70.9 cm³/mol. The van der Waals surface area contributed by atoms with E-state index in [-0.39, 0.29) is 17.5 Å². The molecule has 1 rings (SSSR count). The summed E-state index contributed by atoms with van der Waals surface area (Å²) in [5, 5.41) is 0. The monoisotopic (exact) mass is 236 g/mol. The molecule has 0 atom stereocenters. The smallest absolute Gasteiger partial charge is 0.185 e. The maximum atomic E-state index is 5.98. The normalized spacial score (nSPS) is 13.1. The van der Waals surface area contributed by atoms with Gasteiger partial charge in [0.15, 0.2) is 6.29 Å². The maximum absolute atomic E-state index is 5.98. The average molecular weight is 236 g/mol. The summed E-state index contributed by atoms with van der Waals surface area (Å²) in [6.07, 6.45) is -0.323. The molecular weight excluding hydrogens is 212 g/mol. The van der Waals surface area contributed by atoms with Gasteiger partial charge >= 0.3 is 0 Å². The Bertz CT molecular complexity index is 314. The van der Waals surface area contributed by atoms with Crippen molar-refractivity contribution in [1.82, 2.24) is 0 Å². The van der Waals surface area contributed by atoms with E-state index >= 15 is 0 Å². The molecule has 0 N–H and O–H groups in total. The summed E-state index contributed by atoms with van der Waals surface area (Å²) in [6.45, 7) is 12.2. The van der Waals surface area contributed by atoms with Crippen LogP contribution in [-0.2, 0) is 9.47 Å². The zero-order valence-electron chi connectivity index (χ0n) is 11.8. The Morgan fingerprint density at radius 2 is 1.18 bits per heavy atom. The second-order valence-corrected chi connectivity index (χ2v) is 6.20. The molecule has 0 aliphatic carbocycles. The van der Waals surface area contributed by atoms with Crippen LogP contribution < -0.4 is 0 Å². The fraction of sp³-hybridized carbons (Fsp3) is 0.600. The minimum absolute atomic E-state index is 0.230. The topological polar surface area (TPSA) is 18.5 Å². The number of hydrogen-bond acceptors (Lipinski definition) is 2. The molecule has 0 spiro atoms. The van der Waals surface area contributed by atoms with Gasteiger partial charge in [-0.25, -0.2) is 0 Å². The van der Waals surface area contributed by atoms with Crippen molar-refractivity contribution in [3.05, 3.63) is 35.9 Å². The van der Waals surface area contributed by atoms with Crippen molar-refractivity contribution in [1.29, 1.82) is 0 Å². The van der Waals surface area contributed by atoms with Gasteiger partial charge in [-0.1, -0.05) is 30.3 Å². The highest BCUT2D eigenvalue weighted by Gasteiger charge is 2.25. The van der Waals surface area contributed by atoms with Crippen molar-refractivity contribution in [2.45, 2.75) is 59.0 Å². The van der Waals surface area contributed by atoms with Gasteiger partial charge in [0.25, 0.3) is 0 Å². The third-order valence-corrected chi connectivity index (χ3v) is 1.99. The summed E-state index contributed by atoms with van der Waals surface area (Å²) >= 11 is 0. The van der Waals surface area contributed by atoms with Crippen LogP contribution >= 0.6 is 0 Å². The van der Waals surface area contributed by atoms with Crippen LogP contribution in [0.15, 0.2) is 30.3 Å². The van der Waals surface area contributed by atoms with Crippen LogP contribution in [-0.4, -0.2) is 11.2 Å². The van der Waals surface area contributed by atoms with E-state index < -0.39 is 0 Å². The Balaban J connectivity index is 2.87. The first-order valence-corrected chi connectivity index (χ1v) is 6.08. The molecule has 2 heteroatoms. The first-order chi connectivity index (χ1) is 7.67. The highest BCUT2D eigenvalue weighted by molar-refractivity contribution is 5.16. The van der Waals surface area contributed by atoms with Gasteiger partial charge in [-0.15, -0.1) is 0 Å². The molecule has 1 aromatic rings. The summed E-state index contributed by atoms with van der Waals surface area (Å²) in [5.74, 6) is 0. The van der Waals surface area contributed by atoms with Gasteiger partial charge in [-0.05, 0) is 41.5 Å². The Morgan fingerprint density at radius 3 is 1.53 bits per heavy atom. The average Bonchev–Trinajstić information content (AvgIpc) is 2.14. The molecule has 0 aromatic heterocycles. The van der Waals surface area contributed by atoms with Crippen molar-refractivity contribution in [2.75, 3.05) is 0 Å². The number of ether oxygens (including phenoxy) is 2. The fourth-order valence-corrected chi connectivity index (χ4v) is 1.41. The second-order valence-electron chi connectivity index (χ2n) is 6.20. The lowest BCUT2D eigenvalue weighted by Gasteiger charge is -2.32. The maximum Gasteiger partial charge on any atom is 0.185 e. The lowest BCUT2D eigenvalue weighted by molar-refractivity contribution is -0.238. The largest absolute Gasteiger partial charge is 0.343 e. The van der Waals surface area contributed by atoms with Gasteiger partial charge < -0.3 is 9.47 Å². The van der Waals surface area contributed by atoms with E-state index in [1.54, 1.807) is 0 Å². The van der Waals surface area contributed by atoms with Gasteiger partial charge in [0.2, 0.25) is 0 Å². The first-order valence-electron chi connectivity index (χ1n) is 6.08. The fourth-order valence-electron chi connectivity index (χ4n) is 1.41. The lowest BCUT2D eigenvalue weighted by Crippen LogP contribution is -2.30. The molecule has 0 radical (unpaired) electrons. The third-order valence-electron chi connectivity index (χ3n) is 1.99. The van der Waals surface area contributed by atoms with Crippen LogP contribution in [0.2, 0.25) is 0 Å². The highest BCUT2D eigenvalue weighted by atomic mass is 16.7. The second kappa shape index (κ2) is 5.19. The summed E-state index contributed by atoms with van der Waals surface area (Å²) < 4.78 is 12.0. The summed E-state index contributed by atoms with van der Waals surface area (Å²) in [4.78, 5) is 0. The van der Waals surface area contributed by atoms with Crippen molar-refractivity contribution < 1.29 is 9.47 Å². The Morgan fingerprint density at radius 1 is 0.765 bits per heavy atom. The van der Waals surface area contributed by atoms with Crippen LogP contribution in [0.4, 0.5) is 0 Å². The minimum atomic E-state index is -0.323. The summed E-state index contributed by atoms with van der Waals surface area (Å²) in [7, 11) is 0. The molecule has 96 valence electrons. The van der Waals surface area contributed by atoms with Crippen molar-refractivity contribution >= 4 is 0 Å². The Kier molecular flexibility index (Phi) is 4.34. The summed E-state index contributed by atoms with van der Waals surface area (Å²) in [6, 6.07) is 10.1. The van der Waals surface area contributed by atoms with E-state index in [0.29, 0.717) is 0 Å². The number of rotatable bonds is 3. The molecule has 0 bridgehead atoms. The lowest BCUT2D eigenvalue weighted by atomic mass is 10.1. The molecule has 0 aliphatic heterocycles. The quantitative estimate of drug-likeness (QED) is 0.728. The van der Waals surface area contributed by atoms with Crippen LogP contribution in [0.1, 0.15) is 53.4 Å². The van der Waals surface area contributed by atoms with E-state index in [9.17, 15) is 0 Å². The molecule has 0 heterocycles. The van der Waals surface area contributed by atoms with Gasteiger partial charge in [0.05, 0.1) is 11.2 Å². The van der Waals surface area contributed by atoms with Crippen LogP contribution in [0.25, 0.3) is 0 Å². The van der Waals surface area contributed by atoms with Crippen molar-refractivity contribution in [3.63, 3.8) is 0 Å². The van der Waals surface area contributed by atoms with Crippen LogP contribution in [0, 0.1) is 0 Å². The third kappa shape index (κ3) is 5.85. The molecule has 2 nitrogen and oxygen atoms in total. The molecule has 0 fully saturated rings. The van der Waals surface area contributed by atoms with Gasteiger partial charge in [-0.3, -0.25) is 0 Å². The molecule has 0 aliphatic rings. The Hall–Kier alpha value is -0.860. The number of benzene rings is 1. The molecule has 0 saturated heterocycles. The van der Waals surface area contributed by atoms with E-state index in [1.165, 1.54) is 0 Å². The summed E-state index contributed by atoms with van der Waals surface area (Å²) in [5.41, 5.74) is 0.592. The van der Waals surface area contributed by atoms with E-state index in [2.05, 4.69) is 0 Å². The predicted octanol–water partition coefficient (Wildman–Crippen LogP) is 4.32. The first kappa shape index (κ1) is 14.2. The van der Waals surface area contributed by atoms with Gasteiger partial charge in [0.1, 0.15) is 0 Å². The standard InChI is InChI=1S/C15H24O2/c1-14(2,3)16-13(17-15(4,5)6)12-10-8-7-9-11-12/h7-11,13H,1-6H3. The molecule has 0 unspecified atom stereocenters. The van der Waals surface area contributed by atoms with Gasteiger partial charge in [-0.2, -0.15) is 0 Å². The Labute approximate surface area is 105 Å². The van der Waals surface area contributed by atoms with Crippen LogP contribution in [0.5, 0.6) is 0 Å². The molecular formula is C15H24O2.